The largest absolute Gasteiger partial charge is 0.343 e. The monoisotopic (exact) mass is 212 g/mol. The van der Waals surface area contributed by atoms with Crippen LogP contribution in [0.3, 0.4) is 0 Å². The summed E-state index contributed by atoms with van der Waals surface area (Å²) in [4.78, 5) is 0. The smallest absolute Gasteiger partial charge is 0.173 e. The molecule has 0 bridgehead atoms. The Balaban J connectivity index is 2.13. The minimum absolute atomic E-state index is 0.324. The minimum Gasteiger partial charge on any atom is -0.343 e. The normalized spacial score (nSPS) is 39.0. The molecule has 15 heavy (non-hydrogen) atoms. The van der Waals surface area contributed by atoms with E-state index in [-0.39, 0.29) is 5.79 Å². The highest BCUT2D eigenvalue weighted by Crippen LogP contribution is 2.47. The summed E-state index contributed by atoms with van der Waals surface area (Å²) in [7, 11) is 0. The number of hydrogen-bond donors (Lipinski definition) is 0. The van der Waals surface area contributed by atoms with Gasteiger partial charge in [-0.05, 0) is 18.8 Å². The fourth-order valence-corrected chi connectivity index (χ4v) is 3.15. The van der Waals surface area contributed by atoms with Gasteiger partial charge < -0.3 is 9.47 Å². The van der Waals surface area contributed by atoms with E-state index in [0.717, 1.165) is 5.92 Å². The molecule has 1 saturated heterocycles. The van der Waals surface area contributed by atoms with Gasteiger partial charge in [-0.25, -0.2) is 0 Å². The van der Waals surface area contributed by atoms with E-state index in [4.69, 9.17) is 9.47 Å². The molecule has 0 aromatic heterocycles. The number of rotatable bonds is 2. The molecule has 2 nitrogen and oxygen atoms in total. The van der Waals surface area contributed by atoms with Gasteiger partial charge in [0, 0.05) is 11.8 Å². The second kappa shape index (κ2) is 3.74. The van der Waals surface area contributed by atoms with Crippen molar-refractivity contribution in [2.45, 2.75) is 65.5 Å². The summed E-state index contributed by atoms with van der Waals surface area (Å²) in [5.74, 6) is 1.30. The third-order valence-electron chi connectivity index (χ3n) is 3.96. The lowest BCUT2D eigenvalue weighted by molar-refractivity contribution is -0.237. The van der Waals surface area contributed by atoms with Gasteiger partial charge in [0.25, 0.3) is 0 Å². The third kappa shape index (κ3) is 1.72. The SMILES string of the molecule is CC1CC2OC(C(C)C)(C(C)C)OC2C1. The summed E-state index contributed by atoms with van der Waals surface area (Å²) in [6, 6.07) is 0. The Morgan fingerprint density at radius 2 is 1.33 bits per heavy atom. The number of fused-ring (bicyclic) bond motifs is 1. The van der Waals surface area contributed by atoms with Crippen LogP contribution >= 0.6 is 0 Å². The summed E-state index contributed by atoms with van der Waals surface area (Å²) in [5, 5.41) is 0. The second-order valence-electron chi connectivity index (χ2n) is 5.92. The van der Waals surface area contributed by atoms with Gasteiger partial charge in [0.1, 0.15) is 0 Å². The third-order valence-corrected chi connectivity index (χ3v) is 3.96. The Hall–Kier alpha value is -0.0800. The van der Waals surface area contributed by atoms with Crippen LogP contribution < -0.4 is 0 Å². The standard InChI is InChI=1S/C13H24O2/c1-8(2)13(9(3)4)14-11-6-10(5)7-12(11)15-13/h8-12H,6-7H2,1-5H3. The lowest BCUT2D eigenvalue weighted by Gasteiger charge is -2.36. The molecule has 1 aliphatic carbocycles. The van der Waals surface area contributed by atoms with Gasteiger partial charge in [-0.2, -0.15) is 0 Å². The first kappa shape index (κ1) is 11.4. The van der Waals surface area contributed by atoms with E-state index in [2.05, 4.69) is 34.6 Å². The van der Waals surface area contributed by atoms with E-state index in [9.17, 15) is 0 Å². The first-order chi connectivity index (χ1) is 6.95. The highest BCUT2D eigenvalue weighted by atomic mass is 16.8. The molecule has 0 aromatic carbocycles. The molecule has 0 spiro atoms. The van der Waals surface area contributed by atoms with Crippen LogP contribution in [0.2, 0.25) is 0 Å². The zero-order valence-corrected chi connectivity index (χ0v) is 10.6. The van der Waals surface area contributed by atoms with Gasteiger partial charge in [0.05, 0.1) is 12.2 Å². The summed E-state index contributed by atoms with van der Waals surface area (Å²) in [6.07, 6.45) is 3.05. The van der Waals surface area contributed by atoms with E-state index in [1.54, 1.807) is 0 Å². The van der Waals surface area contributed by atoms with Crippen molar-refractivity contribution in [3.05, 3.63) is 0 Å². The zero-order chi connectivity index (χ0) is 11.2. The van der Waals surface area contributed by atoms with Crippen molar-refractivity contribution < 1.29 is 9.47 Å². The first-order valence-corrected chi connectivity index (χ1v) is 6.31. The van der Waals surface area contributed by atoms with Crippen LogP contribution in [0.15, 0.2) is 0 Å². The Bertz CT molecular complexity index is 211. The molecule has 2 rings (SSSR count). The highest BCUT2D eigenvalue weighted by Gasteiger charge is 2.53. The predicted octanol–water partition coefficient (Wildman–Crippen LogP) is 3.21. The molecular weight excluding hydrogens is 188 g/mol. The fraction of sp³-hybridized carbons (Fsp3) is 1.00. The molecule has 0 radical (unpaired) electrons. The van der Waals surface area contributed by atoms with E-state index in [1.165, 1.54) is 12.8 Å². The van der Waals surface area contributed by atoms with Crippen molar-refractivity contribution in [2.75, 3.05) is 0 Å². The second-order valence-corrected chi connectivity index (χ2v) is 5.92. The quantitative estimate of drug-likeness (QED) is 0.699. The Morgan fingerprint density at radius 3 is 1.67 bits per heavy atom. The minimum atomic E-state index is -0.324. The first-order valence-electron chi connectivity index (χ1n) is 6.31. The zero-order valence-electron chi connectivity index (χ0n) is 10.6. The molecule has 2 unspecified atom stereocenters. The summed E-state index contributed by atoms with van der Waals surface area (Å²) in [5.41, 5.74) is 0. The summed E-state index contributed by atoms with van der Waals surface area (Å²) >= 11 is 0. The Kier molecular flexibility index (Phi) is 2.85. The van der Waals surface area contributed by atoms with Crippen LogP contribution in [0.5, 0.6) is 0 Å². The molecule has 1 heterocycles. The molecule has 1 saturated carbocycles. The maximum absolute atomic E-state index is 6.24. The molecule has 2 atom stereocenters. The van der Waals surface area contributed by atoms with Gasteiger partial charge in [0.2, 0.25) is 0 Å². The molecule has 0 N–H and O–H groups in total. The van der Waals surface area contributed by atoms with Gasteiger partial charge in [-0.3, -0.25) is 0 Å². The van der Waals surface area contributed by atoms with Crippen LogP contribution in [-0.2, 0) is 9.47 Å². The lowest BCUT2D eigenvalue weighted by Crippen LogP contribution is -2.43. The van der Waals surface area contributed by atoms with Gasteiger partial charge in [-0.15, -0.1) is 0 Å². The number of ether oxygens (including phenoxy) is 2. The Morgan fingerprint density at radius 1 is 0.933 bits per heavy atom. The topological polar surface area (TPSA) is 18.5 Å². The van der Waals surface area contributed by atoms with Crippen molar-refractivity contribution >= 4 is 0 Å². The van der Waals surface area contributed by atoms with E-state index < -0.39 is 0 Å². The number of hydrogen-bond acceptors (Lipinski definition) is 2. The average Bonchev–Trinajstić information content (AvgIpc) is 2.57. The highest BCUT2D eigenvalue weighted by molar-refractivity contribution is 4.95. The van der Waals surface area contributed by atoms with Crippen molar-refractivity contribution in [1.82, 2.24) is 0 Å². The van der Waals surface area contributed by atoms with Crippen LogP contribution in [0, 0.1) is 17.8 Å². The van der Waals surface area contributed by atoms with E-state index in [1.807, 2.05) is 0 Å². The maximum Gasteiger partial charge on any atom is 0.173 e. The predicted molar refractivity (Wildman–Crippen MR) is 60.6 cm³/mol. The average molecular weight is 212 g/mol. The lowest BCUT2D eigenvalue weighted by atomic mass is 9.91. The van der Waals surface area contributed by atoms with Crippen LogP contribution in [-0.4, -0.2) is 18.0 Å². The van der Waals surface area contributed by atoms with Crippen molar-refractivity contribution in [3.8, 4) is 0 Å². The summed E-state index contributed by atoms with van der Waals surface area (Å²) < 4.78 is 12.5. The van der Waals surface area contributed by atoms with Gasteiger partial charge in [0.15, 0.2) is 5.79 Å². The van der Waals surface area contributed by atoms with Crippen LogP contribution in [0.1, 0.15) is 47.5 Å². The van der Waals surface area contributed by atoms with E-state index in [0.29, 0.717) is 24.0 Å². The maximum atomic E-state index is 6.24. The van der Waals surface area contributed by atoms with Crippen molar-refractivity contribution in [3.63, 3.8) is 0 Å². The molecule has 88 valence electrons. The molecular formula is C13H24O2. The van der Waals surface area contributed by atoms with E-state index >= 15 is 0 Å². The molecule has 0 aromatic rings. The van der Waals surface area contributed by atoms with Crippen LogP contribution in [0.4, 0.5) is 0 Å². The van der Waals surface area contributed by atoms with Crippen molar-refractivity contribution in [1.29, 1.82) is 0 Å². The molecule has 1 aliphatic heterocycles. The fourth-order valence-electron chi connectivity index (χ4n) is 3.15. The molecule has 2 fully saturated rings. The molecule has 0 amide bonds. The van der Waals surface area contributed by atoms with Gasteiger partial charge >= 0.3 is 0 Å². The van der Waals surface area contributed by atoms with Gasteiger partial charge in [-0.1, -0.05) is 34.6 Å². The summed E-state index contributed by atoms with van der Waals surface area (Å²) in [6.45, 7) is 11.1. The molecule has 2 aliphatic rings. The van der Waals surface area contributed by atoms with Crippen molar-refractivity contribution in [2.24, 2.45) is 17.8 Å². The van der Waals surface area contributed by atoms with Crippen LogP contribution in [0.25, 0.3) is 0 Å². The molecule has 2 heteroatoms. The Labute approximate surface area is 93.3 Å².